The highest BCUT2D eigenvalue weighted by atomic mass is 35.5. The Balaban J connectivity index is 2.81. The zero-order chi connectivity index (χ0) is 11.9. The molecule has 0 bridgehead atoms. The lowest BCUT2D eigenvalue weighted by molar-refractivity contribution is 0.101. The zero-order valence-electron chi connectivity index (χ0n) is 9.35. The fourth-order valence-corrected chi connectivity index (χ4v) is 2.18. The highest BCUT2D eigenvalue weighted by Crippen LogP contribution is 2.32. The molecule has 0 unspecified atom stereocenters. The number of nitrogens with one attached hydrogen (secondary N) is 1. The minimum absolute atomic E-state index is 0.0324. The molecule has 4 heteroatoms. The van der Waals surface area contributed by atoms with Gasteiger partial charge in [-0.1, -0.05) is 11.6 Å². The number of carbonyl (C=O) groups is 1. The van der Waals surface area contributed by atoms with E-state index in [9.17, 15) is 4.79 Å². The molecule has 0 saturated carbocycles. The average molecular weight is 238 g/mol. The normalized spacial score (nSPS) is 10.8. The molecular weight excluding hydrogens is 226 g/mol. The first-order valence-electron chi connectivity index (χ1n) is 4.91. The number of benzene rings is 1. The number of ketones is 1. The molecule has 0 fully saturated rings. The van der Waals surface area contributed by atoms with Crippen LogP contribution in [-0.4, -0.2) is 17.9 Å². The van der Waals surface area contributed by atoms with Crippen molar-refractivity contribution >= 4 is 28.3 Å². The van der Waals surface area contributed by atoms with E-state index in [0.717, 1.165) is 16.6 Å². The van der Waals surface area contributed by atoms with E-state index in [2.05, 4.69) is 4.98 Å². The number of carbonyl (C=O) groups excluding carboxylic acids is 1. The molecule has 0 atom stereocenters. The van der Waals surface area contributed by atoms with Crippen molar-refractivity contribution in [3.8, 4) is 5.75 Å². The van der Waals surface area contributed by atoms with Crippen molar-refractivity contribution in [1.29, 1.82) is 0 Å². The van der Waals surface area contributed by atoms with Crippen molar-refractivity contribution in [3.63, 3.8) is 0 Å². The van der Waals surface area contributed by atoms with Crippen LogP contribution >= 0.6 is 11.6 Å². The highest BCUT2D eigenvalue weighted by Gasteiger charge is 2.14. The van der Waals surface area contributed by atoms with E-state index in [4.69, 9.17) is 16.3 Å². The van der Waals surface area contributed by atoms with Crippen molar-refractivity contribution in [2.75, 3.05) is 7.11 Å². The van der Waals surface area contributed by atoms with E-state index in [0.29, 0.717) is 16.3 Å². The topological polar surface area (TPSA) is 42.1 Å². The number of ether oxygens (including phenoxy) is 1. The molecule has 0 spiro atoms. The van der Waals surface area contributed by atoms with Gasteiger partial charge < -0.3 is 9.72 Å². The lowest BCUT2D eigenvalue weighted by atomic mass is 10.1. The van der Waals surface area contributed by atoms with Crippen LogP contribution in [-0.2, 0) is 0 Å². The van der Waals surface area contributed by atoms with E-state index < -0.39 is 0 Å². The zero-order valence-corrected chi connectivity index (χ0v) is 10.1. The van der Waals surface area contributed by atoms with Gasteiger partial charge in [0.2, 0.25) is 0 Å². The molecule has 1 N–H and O–H groups in total. The highest BCUT2D eigenvalue weighted by molar-refractivity contribution is 6.33. The number of hydrogen-bond acceptors (Lipinski definition) is 2. The largest absolute Gasteiger partial charge is 0.495 e. The third kappa shape index (κ3) is 1.57. The number of aromatic amines is 1. The summed E-state index contributed by atoms with van der Waals surface area (Å²) in [6, 6.07) is 3.56. The van der Waals surface area contributed by atoms with Gasteiger partial charge in [0, 0.05) is 22.7 Å². The Morgan fingerprint density at radius 2 is 2.12 bits per heavy atom. The van der Waals surface area contributed by atoms with Crippen molar-refractivity contribution in [3.05, 3.63) is 28.4 Å². The van der Waals surface area contributed by atoms with Gasteiger partial charge in [-0.25, -0.2) is 0 Å². The number of fused-ring (bicyclic) bond motifs is 1. The van der Waals surface area contributed by atoms with Crippen LogP contribution in [0.15, 0.2) is 12.1 Å². The van der Waals surface area contributed by atoms with Crippen molar-refractivity contribution in [2.45, 2.75) is 13.8 Å². The summed E-state index contributed by atoms with van der Waals surface area (Å²) in [7, 11) is 1.56. The van der Waals surface area contributed by atoms with Gasteiger partial charge in [-0.3, -0.25) is 4.79 Å². The second-order valence-corrected chi connectivity index (χ2v) is 4.12. The van der Waals surface area contributed by atoms with Gasteiger partial charge in [0.25, 0.3) is 0 Å². The summed E-state index contributed by atoms with van der Waals surface area (Å²) in [5.41, 5.74) is 2.41. The predicted octanol–water partition coefficient (Wildman–Crippen LogP) is 3.34. The first kappa shape index (κ1) is 11.0. The molecule has 1 heterocycles. The van der Waals surface area contributed by atoms with Gasteiger partial charge in [0.1, 0.15) is 5.75 Å². The maximum atomic E-state index is 11.5. The van der Waals surface area contributed by atoms with Gasteiger partial charge >= 0.3 is 0 Å². The molecule has 2 aromatic rings. The molecule has 3 nitrogen and oxygen atoms in total. The standard InChI is InChI=1S/C12H12ClNO2/c1-6-12(7(2)15)8-4-9(13)11(16-3)5-10(8)14-6/h4-5,14H,1-3H3. The summed E-state index contributed by atoms with van der Waals surface area (Å²) in [6.07, 6.45) is 0. The Bertz CT molecular complexity index is 572. The fraction of sp³-hybridized carbons (Fsp3) is 0.250. The number of aromatic nitrogens is 1. The number of methoxy groups -OCH3 is 1. The van der Waals surface area contributed by atoms with Gasteiger partial charge in [0.15, 0.2) is 5.78 Å². The molecule has 0 radical (unpaired) electrons. The minimum Gasteiger partial charge on any atom is -0.495 e. The van der Waals surface area contributed by atoms with Gasteiger partial charge in [-0.2, -0.15) is 0 Å². The molecule has 0 amide bonds. The third-order valence-electron chi connectivity index (χ3n) is 2.61. The predicted molar refractivity (Wildman–Crippen MR) is 64.6 cm³/mol. The maximum absolute atomic E-state index is 11.5. The van der Waals surface area contributed by atoms with Gasteiger partial charge in [-0.05, 0) is 19.9 Å². The molecule has 0 aliphatic rings. The van der Waals surface area contributed by atoms with Crippen LogP contribution < -0.4 is 4.74 Å². The summed E-state index contributed by atoms with van der Waals surface area (Å²) in [6.45, 7) is 3.42. The SMILES string of the molecule is COc1cc2[nH]c(C)c(C(C)=O)c2cc1Cl. The Morgan fingerprint density at radius 3 is 2.69 bits per heavy atom. The molecular formula is C12H12ClNO2. The molecule has 2 rings (SSSR count). The smallest absolute Gasteiger partial charge is 0.162 e. The number of hydrogen-bond donors (Lipinski definition) is 1. The number of Topliss-reactive ketones (excluding diaryl/α,β-unsaturated/α-hetero) is 1. The second kappa shape index (κ2) is 3.83. The Labute approximate surface area is 98.4 Å². The quantitative estimate of drug-likeness (QED) is 0.814. The fourth-order valence-electron chi connectivity index (χ4n) is 1.94. The Morgan fingerprint density at radius 1 is 1.44 bits per heavy atom. The molecule has 1 aromatic heterocycles. The lowest BCUT2D eigenvalue weighted by Crippen LogP contribution is -1.93. The Kier molecular flexibility index (Phi) is 2.64. The van der Waals surface area contributed by atoms with E-state index in [-0.39, 0.29) is 5.78 Å². The summed E-state index contributed by atoms with van der Waals surface area (Å²) in [5.74, 6) is 0.635. The lowest BCUT2D eigenvalue weighted by Gasteiger charge is -2.02. The molecule has 16 heavy (non-hydrogen) atoms. The summed E-state index contributed by atoms with van der Waals surface area (Å²) < 4.78 is 5.13. The van der Waals surface area contributed by atoms with E-state index >= 15 is 0 Å². The first-order valence-corrected chi connectivity index (χ1v) is 5.29. The van der Waals surface area contributed by atoms with Crippen LogP contribution in [0.1, 0.15) is 23.0 Å². The van der Waals surface area contributed by atoms with E-state index in [1.807, 2.05) is 6.92 Å². The van der Waals surface area contributed by atoms with E-state index in [1.165, 1.54) is 0 Å². The maximum Gasteiger partial charge on any atom is 0.162 e. The van der Waals surface area contributed by atoms with Crippen LogP contribution in [0.2, 0.25) is 5.02 Å². The van der Waals surface area contributed by atoms with Crippen molar-refractivity contribution in [2.24, 2.45) is 0 Å². The van der Waals surface area contributed by atoms with Crippen LogP contribution in [0.25, 0.3) is 10.9 Å². The third-order valence-corrected chi connectivity index (χ3v) is 2.91. The first-order chi connectivity index (χ1) is 7.54. The van der Waals surface area contributed by atoms with Crippen molar-refractivity contribution in [1.82, 2.24) is 4.98 Å². The number of aryl methyl sites for hydroxylation is 1. The molecule has 0 saturated heterocycles. The van der Waals surface area contributed by atoms with Crippen LogP contribution in [0.4, 0.5) is 0 Å². The van der Waals surface area contributed by atoms with Crippen LogP contribution in [0, 0.1) is 6.92 Å². The summed E-state index contributed by atoms with van der Waals surface area (Å²) >= 11 is 6.04. The van der Waals surface area contributed by atoms with Gasteiger partial charge in [-0.15, -0.1) is 0 Å². The summed E-state index contributed by atoms with van der Waals surface area (Å²) in [4.78, 5) is 14.7. The molecule has 0 aliphatic heterocycles. The second-order valence-electron chi connectivity index (χ2n) is 3.71. The monoisotopic (exact) mass is 237 g/mol. The van der Waals surface area contributed by atoms with E-state index in [1.54, 1.807) is 26.2 Å². The number of H-pyrrole nitrogens is 1. The summed E-state index contributed by atoms with van der Waals surface area (Å²) in [5, 5.41) is 1.35. The average Bonchev–Trinajstić information content (AvgIpc) is 2.51. The molecule has 0 aliphatic carbocycles. The number of halogens is 1. The number of rotatable bonds is 2. The van der Waals surface area contributed by atoms with Crippen molar-refractivity contribution < 1.29 is 9.53 Å². The van der Waals surface area contributed by atoms with Gasteiger partial charge in [0.05, 0.1) is 17.6 Å². The minimum atomic E-state index is 0.0324. The Hall–Kier alpha value is -1.48. The molecule has 1 aromatic carbocycles. The van der Waals surface area contributed by atoms with Crippen LogP contribution in [0.5, 0.6) is 5.75 Å². The van der Waals surface area contributed by atoms with Crippen LogP contribution in [0.3, 0.4) is 0 Å². The molecule has 84 valence electrons.